The zero-order chi connectivity index (χ0) is 16.2. The quantitative estimate of drug-likeness (QED) is 0.839. The molecule has 120 valence electrons. The fraction of sp³-hybridized carbons (Fsp3) is 0.571. The molecule has 4 nitrogen and oxygen atoms in total. The lowest BCUT2D eigenvalue weighted by Crippen LogP contribution is -2.32. The molecular weight excluding hydrogens is 298 g/mol. The van der Waals surface area contributed by atoms with Crippen molar-refractivity contribution < 1.29 is 17.2 Å². The van der Waals surface area contributed by atoms with Crippen LogP contribution in [0.25, 0.3) is 0 Å². The van der Waals surface area contributed by atoms with E-state index in [4.69, 9.17) is 0 Å². The zero-order valence-corrected chi connectivity index (χ0v) is 13.5. The van der Waals surface area contributed by atoms with Crippen LogP contribution in [0.5, 0.6) is 0 Å². The van der Waals surface area contributed by atoms with E-state index in [2.05, 4.69) is 5.32 Å². The second kappa shape index (κ2) is 7.29. The minimum atomic E-state index is -3.90. The summed E-state index contributed by atoms with van der Waals surface area (Å²) in [6.07, 6.45) is -2.70. The maximum absolute atomic E-state index is 12.4. The van der Waals surface area contributed by atoms with Crippen molar-refractivity contribution in [3.63, 3.8) is 0 Å². The van der Waals surface area contributed by atoms with Crippen LogP contribution in [0, 0.1) is 6.92 Å². The van der Waals surface area contributed by atoms with Gasteiger partial charge in [-0.15, -0.1) is 0 Å². The van der Waals surface area contributed by atoms with Crippen molar-refractivity contribution in [3.8, 4) is 0 Å². The molecule has 21 heavy (non-hydrogen) atoms. The standard InChI is InChI=1S/C14H22F2N2O2S/c1-10(2)17-8-12-6-5-7-13(11(12)3)21(19,20)18(4)9-14(15)16/h5-7,10,14,17H,8-9H2,1-4H3. The Morgan fingerprint density at radius 2 is 1.90 bits per heavy atom. The Kier molecular flexibility index (Phi) is 6.24. The van der Waals surface area contributed by atoms with Gasteiger partial charge in [0.05, 0.1) is 11.4 Å². The molecule has 0 aliphatic heterocycles. The molecule has 7 heteroatoms. The maximum Gasteiger partial charge on any atom is 0.252 e. The fourth-order valence-electron chi connectivity index (χ4n) is 1.91. The van der Waals surface area contributed by atoms with Gasteiger partial charge < -0.3 is 5.32 Å². The van der Waals surface area contributed by atoms with Crippen LogP contribution in [0.15, 0.2) is 23.1 Å². The summed E-state index contributed by atoms with van der Waals surface area (Å²) in [5, 5.41) is 3.21. The summed E-state index contributed by atoms with van der Waals surface area (Å²) in [4.78, 5) is 0.0775. The minimum Gasteiger partial charge on any atom is -0.310 e. The summed E-state index contributed by atoms with van der Waals surface area (Å²) in [5.41, 5.74) is 1.43. The summed E-state index contributed by atoms with van der Waals surface area (Å²) in [7, 11) is -2.73. The van der Waals surface area contributed by atoms with Crippen LogP contribution < -0.4 is 5.32 Å². The minimum absolute atomic E-state index is 0.0775. The predicted molar refractivity (Wildman–Crippen MR) is 79.0 cm³/mol. The van der Waals surface area contributed by atoms with Gasteiger partial charge in [-0.2, -0.15) is 4.31 Å². The van der Waals surface area contributed by atoms with Crippen molar-refractivity contribution in [1.82, 2.24) is 9.62 Å². The Hall–Kier alpha value is -1.05. The van der Waals surface area contributed by atoms with E-state index >= 15 is 0 Å². The number of hydrogen-bond donors (Lipinski definition) is 1. The summed E-state index contributed by atoms with van der Waals surface area (Å²) < 4.78 is 50.2. The molecule has 1 N–H and O–H groups in total. The SMILES string of the molecule is Cc1c(CNC(C)C)cccc1S(=O)(=O)N(C)CC(F)F. The van der Waals surface area contributed by atoms with E-state index in [-0.39, 0.29) is 10.9 Å². The van der Waals surface area contributed by atoms with Gasteiger partial charge in [0.1, 0.15) is 0 Å². The Morgan fingerprint density at radius 3 is 2.43 bits per heavy atom. The van der Waals surface area contributed by atoms with Crippen LogP contribution in [0.1, 0.15) is 25.0 Å². The zero-order valence-electron chi connectivity index (χ0n) is 12.7. The van der Waals surface area contributed by atoms with Gasteiger partial charge in [0.25, 0.3) is 6.43 Å². The number of nitrogens with one attached hydrogen (secondary N) is 1. The topological polar surface area (TPSA) is 49.4 Å². The number of nitrogens with zero attached hydrogens (tertiary/aromatic N) is 1. The van der Waals surface area contributed by atoms with Gasteiger partial charge in [-0.05, 0) is 24.1 Å². The van der Waals surface area contributed by atoms with Crippen LogP contribution in [0.4, 0.5) is 8.78 Å². The lowest BCUT2D eigenvalue weighted by molar-refractivity contribution is 0.126. The fourth-order valence-corrected chi connectivity index (χ4v) is 3.32. The molecule has 0 aliphatic carbocycles. The number of hydrogen-bond acceptors (Lipinski definition) is 3. The van der Waals surface area contributed by atoms with Crippen LogP contribution >= 0.6 is 0 Å². The first-order chi connectivity index (χ1) is 9.66. The first-order valence-electron chi connectivity index (χ1n) is 6.72. The maximum atomic E-state index is 12.4. The number of benzene rings is 1. The molecule has 0 spiro atoms. The van der Waals surface area contributed by atoms with Crippen molar-refractivity contribution >= 4 is 10.0 Å². The van der Waals surface area contributed by atoms with Crippen molar-refractivity contribution in [2.45, 2.75) is 44.7 Å². The van der Waals surface area contributed by atoms with Gasteiger partial charge in [-0.1, -0.05) is 26.0 Å². The average molecular weight is 320 g/mol. The van der Waals surface area contributed by atoms with Gasteiger partial charge in [0.2, 0.25) is 10.0 Å². The molecule has 0 bridgehead atoms. The van der Waals surface area contributed by atoms with Crippen molar-refractivity contribution in [2.24, 2.45) is 0 Å². The first-order valence-corrected chi connectivity index (χ1v) is 8.16. The van der Waals surface area contributed by atoms with E-state index in [9.17, 15) is 17.2 Å². The normalized spacial score (nSPS) is 12.6. The molecule has 0 saturated heterocycles. The van der Waals surface area contributed by atoms with E-state index in [0.717, 1.165) is 5.56 Å². The van der Waals surface area contributed by atoms with Gasteiger partial charge >= 0.3 is 0 Å². The Balaban J connectivity index is 3.10. The Bertz CT molecular complexity index is 574. The largest absolute Gasteiger partial charge is 0.310 e. The average Bonchev–Trinajstić information content (AvgIpc) is 2.36. The summed E-state index contributed by atoms with van der Waals surface area (Å²) in [5.74, 6) is 0. The summed E-state index contributed by atoms with van der Waals surface area (Å²) in [6, 6.07) is 5.18. The second-order valence-electron chi connectivity index (χ2n) is 5.25. The first kappa shape index (κ1) is 18.0. The van der Waals surface area contributed by atoms with Crippen LogP contribution in [-0.4, -0.2) is 38.8 Å². The predicted octanol–water partition coefficient (Wildman–Crippen LogP) is 2.38. The molecule has 0 heterocycles. The van der Waals surface area contributed by atoms with E-state index < -0.39 is 23.0 Å². The van der Waals surface area contributed by atoms with Gasteiger partial charge in [0, 0.05) is 19.6 Å². The molecule has 1 aromatic carbocycles. The highest BCUT2D eigenvalue weighted by molar-refractivity contribution is 7.89. The molecule has 0 radical (unpaired) electrons. The third kappa shape index (κ3) is 4.72. The highest BCUT2D eigenvalue weighted by Crippen LogP contribution is 2.22. The smallest absolute Gasteiger partial charge is 0.252 e. The molecule has 0 atom stereocenters. The highest BCUT2D eigenvalue weighted by Gasteiger charge is 2.25. The lowest BCUT2D eigenvalue weighted by Gasteiger charge is -2.19. The van der Waals surface area contributed by atoms with Crippen molar-refractivity contribution in [2.75, 3.05) is 13.6 Å². The van der Waals surface area contributed by atoms with E-state index in [1.54, 1.807) is 13.0 Å². The van der Waals surface area contributed by atoms with Crippen LogP contribution in [0.2, 0.25) is 0 Å². The molecule has 1 aromatic rings. The summed E-state index contributed by atoms with van der Waals surface area (Å²) in [6.45, 7) is 5.40. The van der Waals surface area contributed by atoms with Crippen LogP contribution in [-0.2, 0) is 16.6 Å². The lowest BCUT2D eigenvalue weighted by atomic mass is 10.1. The monoisotopic (exact) mass is 320 g/mol. The molecule has 0 saturated carbocycles. The second-order valence-corrected chi connectivity index (χ2v) is 7.27. The molecule has 0 unspecified atom stereocenters. The van der Waals surface area contributed by atoms with Gasteiger partial charge in [0.15, 0.2) is 0 Å². The molecule has 0 aliphatic rings. The number of halogens is 2. The molecule has 0 amide bonds. The van der Waals surface area contributed by atoms with Crippen molar-refractivity contribution in [1.29, 1.82) is 0 Å². The molecule has 0 aromatic heterocycles. The highest BCUT2D eigenvalue weighted by atomic mass is 32.2. The molecule has 0 fully saturated rings. The molecular formula is C14H22F2N2O2S. The van der Waals surface area contributed by atoms with Gasteiger partial charge in [-0.25, -0.2) is 17.2 Å². The third-order valence-corrected chi connectivity index (χ3v) is 5.15. The number of alkyl halides is 2. The van der Waals surface area contributed by atoms with E-state index in [0.29, 0.717) is 16.4 Å². The number of sulfonamides is 1. The third-order valence-electron chi connectivity index (χ3n) is 3.18. The van der Waals surface area contributed by atoms with Crippen LogP contribution in [0.3, 0.4) is 0 Å². The Labute approximate surface area is 125 Å². The molecule has 1 rings (SSSR count). The van der Waals surface area contributed by atoms with E-state index in [1.807, 2.05) is 19.9 Å². The van der Waals surface area contributed by atoms with E-state index in [1.165, 1.54) is 13.1 Å². The summed E-state index contributed by atoms with van der Waals surface area (Å²) >= 11 is 0. The van der Waals surface area contributed by atoms with Crippen molar-refractivity contribution in [3.05, 3.63) is 29.3 Å². The van der Waals surface area contributed by atoms with Gasteiger partial charge in [-0.3, -0.25) is 0 Å². The number of rotatable bonds is 7. The Morgan fingerprint density at radius 1 is 1.29 bits per heavy atom.